The van der Waals surface area contributed by atoms with Crippen LogP contribution in [0, 0.1) is 0 Å². The van der Waals surface area contributed by atoms with Crippen molar-refractivity contribution in [1.29, 1.82) is 0 Å². The molecular formula is C22H25F4NO2. The molecule has 158 valence electrons. The van der Waals surface area contributed by atoms with E-state index in [9.17, 15) is 22.4 Å². The maximum absolute atomic E-state index is 12.8. The first-order valence-electron chi connectivity index (χ1n) is 9.72. The van der Waals surface area contributed by atoms with Crippen LogP contribution in [0.25, 0.3) is 11.3 Å². The molecule has 1 aromatic heterocycles. The number of nitrogens with zero attached hydrogens (tertiary/aromatic N) is 1. The van der Waals surface area contributed by atoms with Gasteiger partial charge < -0.3 is 4.74 Å². The van der Waals surface area contributed by atoms with Gasteiger partial charge >= 0.3 is 18.3 Å². The Bertz CT molecular complexity index is 761. The van der Waals surface area contributed by atoms with Gasteiger partial charge in [0.15, 0.2) is 6.61 Å². The van der Waals surface area contributed by atoms with Crippen molar-refractivity contribution in [1.82, 2.24) is 4.98 Å². The number of hydrogen-bond donors (Lipinski definition) is 0. The first-order valence-corrected chi connectivity index (χ1v) is 9.72. The van der Waals surface area contributed by atoms with Gasteiger partial charge in [-0.3, -0.25) is 4.98 Å². The number of carbonyl (C=O) groups excluding carboxylic acids is 1. The molecule has 0 aliphatic rings. The van der Waals surface area contributed by atoms with E-state index >= 15 is 0 Å². The number of esters is 1. The van der Waals surface area contributed by atoms with Crippen molar-refractivity contribution in [2.45, 2.75) is 57.8 Å². The maximum atomic E-state index is 12.8. The Labute approximate surface area is 168 Å². The molecule has 0 radical (unpaired) electrons. The van der Waals surface area contributed by atoms with Crippen molar-refractivity contribution < 1.29 is 27.1 Å². The lowest BCUT2D eigenvalue weighted by molar-refractivity contribution is -0.155. The van der Waals surface area contributed by atoms with Crippen LogP contribution in [0.1, 0.15) is 54.9 Å². The zero-order valence-electron chi connectivity index (χ0n) is 16.3. The number of aryl methyl sites for hydroxylation is 1. The van der Waals surface area contributed by atoms with Crippen molar-refractivity contribution in [3.8, 4) is 11.3 Å². The highest BCUT2D eigenvalue weighted by Crippen LogP contribution is 2.24. The second-order valence-electron chi connectivity index (χ2n) is 6.93. The molecule has 0 aliphatic heterocycles. The molecule has 1 heterocycles. The summed E-state index contributed by atoms with van der Waals surface area (Å²) >= 11 is 0. The van der Waals surface area contributed by atoms with E-state index in [1.807, 2.05) is 18.3 Å². The standard InChI is InChI=1S/C22H25F4NO2/c1-2-3-4-5-6-7-16-8-13-19(27-14-16)17-9-11-18(12-10-17)20(28)29-15-22(25,26)21(23)24/h8-14,21H,2-7,15H2,1H3. The van der Waals surface area contributed by atoms with E-state index in [-0.39, 0.29) is 5.56 Å². The largest absolute Gasteiger partial charge is 0.455 e. The summed E-state index contributed by atoms with van der Waals surface area (Å²) in [7, 11) is 0. The lowest BCUT2D eigenvalue weighted by Gasteiger charge is -2.15. The SMILES string of the molecule is CCCCCCCc1ccc(-c2ccc(C(=O)OCC(F)(F)C(F)F)cc2)nc1. The van der Waals surface area contributed by atoms with Gasteiger partial charge in [0.2, 0.25) is 0 Å². The lowest BCUT2D eigenvalue weighted by Crippen LogP contribution is -2.33. The van der Waals surface area contributed by atoms with E-state index in [1.54, 1.807) is 12.1 Å². The van der Waals surface area contributed by atoms with Gasteiger partial charge in [0.05, 0.1) is 11.3 Å². The van der Waals surface area contributed by atoms with Crippen LogP contribution in [0.4, 0.5) is 17.6 Å². The number of pyridine rings is 1. The van der Waals surface area contributed by atoms with Crippen LogP contribution in [0.15, 0.2) is 42.6 Å². The fourth-order valence-corrected chi connectivity index (χ4v) is 2.76. The molecule has 1 aromatic carbocycles. The topological polar surface area (TPSA) is 39.2 Å². The van der Waals surface area contributed by atoms with E-state index in [0.717, 1.165) is 24.0 Å². The maximum Gasteiger partial charge on any atom is 0.340 e. The molecule has 0 saturated heterocycles. The van der Waals surface area contributed by atoms with Crippen molar-refractivity contribution in [3.63, 3.8) is 0 Å². The number of benzene rings is 1. The van der Waals surface area contributed by atoms with Crippen LogP contribution in [0.2, 0.25) is 0 Å². The molecule has 29 heavy (non-hydrogen) atoms. The second kappa shape index (κ2) is 10.9. The first kappa shape index (κ1) is 22.8. The van der Waals surface area contributed by atoms with E-state index in [2.05, 4.69) is 16.6 Å². The minimum absolute atomic E-state index is 0.00233. The van der Waals surface area contributed by atoms with Crippen LogP contribution >= 0.6 is 0 Å². The number of carbonyl (C=O) groups is 1. The number of halogens is 4. The number of unbranched alkanes of at least 4 members (excludes halogenated alkanes) is 4. The normalized spacial score (nSPS) is 11.7. The molecule has 2 aromatic rings. The minimum Gasteiger partial charge on any atom is -0.455 e. The van der Waals surface area contributed by atoms with Crippen molar-refractivity contribution >= 4 is 5.97 Å². The Morgan fingerprint density at radius 1 is 1.03 bits per heavy atom. The Balaban J connectivity index is 1.90. The summed E-state index contributed by atoms with van der Waals surface area (Å²) in [5, 5.41) is 0. The molecule has 0 N–H and O–H groups in total. The number of ether oxygens (including phenoxy) is 1. The van der Waals surface area contributed by atoms with Crippen molar-refractivity contribution in [2.75, 3.05) is 6.61 Å². The average molecular weight is 411 g/mol. The highest BCUT2D eigenvalue weighted by atomic mass is 19.3. The van der Waals surface area contributed by atoms with E-state index in [0.29, 0.717) is 5.69 Å². The van der Waals surface area contributed by atoms with Crippen LogP contribution in [-0.2, 0) is 11.2 Å². The zero-order chi connectivity index (χ0) is 21.3. The van der Waals surface area contributed by atoms with Gasteiger partial charge in [-0.2, -0.15) is 8.78 Å². The highest BCUT2D eigenvalue weighted by Gasteiger charge is 2.42. The average Bonchev–Trinajstić information content (AvgIpc) is 2.72. The number of aromatic nitrogens is 1. The summed E-state index contributed by atoms with van der Waals surface area (Å²) in [6.07, 6.45) is 4.97. The van der Waals surface area contributed by atoms with Gasteiger partial charge in [-0.25, -0.2) is 13.6 Å². The summed E-state index contributed by atoms with van der Waals surface area (Å²) in [5.74, 6) is -5.44. The fourth-order valence-electron chi connectivity index (χ4n) is 2.76. The summed E-state index contributed by atoms with van der Waals surface area (Å²) in [6.45, 7) is 0.525. The third-order valence-electron chi connectivity index (χ3n) is 4.53. The van der Waals surface area contributed by atoms with Gasteiger partial charge in [-0.15, -0.1) is 0 Å². The van der Waals surface area contributed by atoms with Crippen LogP contribution < -0.4 is 0 Å². The Morgan fingerprint density at radius 3 is 2.31 bits per heavy atom. The minimum atomic E-state index is -4.36. The molecule has 0 saturated carbocycles. The monoisotopic (exact) mass is 411 g/mol. The molecule has 0 amide bonds. The van der Waals surface area contributed by atoms with E-state index in [1.165, 1.54) is 37.8 Å². The van der Waals surface area contributed by atoms with Gasteiger partial charge in [0, 0.05) is 11.8 Å². The second-order valence-corrected chi connectivity index (χ2v) is 6.93. The Kier molecular flexibility index (Phi) is 8.61. The number of hydrogen-bond acceptors (Lipinski definition) is 3. The van der Waals surface area contributed by atoms with E-state index < -0.39 is 24.9 Å². The molecule has 0 fully saturated rings. The molecule has 0 bridgehead atoms. The summed E-state index contributed by atoms with van der Waals surface area (Å²) in [4.78, 5) is 16.2. The predicted molar refractivity (Wildman–Crippen MR) is 103 cm³/mol. The summed E-state index contributed by atoms with van der Waals surface area (Å²) in [6, 6.07) is 9.89. The molecular weight excluding hydrogens is 386 g/mol. The van der Waals surface area contributed by atoms with Gasteiger partial charge in [0.25, 0.3) is 0 Å². The molecule has 2 rings (SSSR count). The first-order chi connectivity index (χ1) is 13.8. The van der Waals surface area contributed by atoms with Crippen LogP contribution in [0.5, 0.6) is 0 Å². The Hall–Kier alpha value is -2.44. The smallest absolute Gasteiger partial charge is 0.340 e. The van der Waals surface area contributed by atoms with Crippen LogP contribution in [0.3, 0.4) is 0 Å². The van der Waals surface area contributed by atoms with Gasteiger partial charge in [-0.1, -0.05) is 50.8 Å². The highest BCUT2D eigenvalue weighted by molar-refractivity contribution is 5.90. The van der Waals surface area contributed by atoms with Crippen molar-refractivity contribution in [3.05, 3.63) is 53.7 Å². The van der Waals surface area contributed by atoms with Crippen LogP contribution in [-0.4, -0.2) is 29.9 Å². The summed E-state index contributed by atoms with van der Waals surface area (Å²) in [5.41, 5.74) is 2.62. The van der Waals surface area contributed by atoms with Gasteiger partial charge in [-0.05, 0) is 36.6 Å². The Morgan fingerprint density at radius 2 is 1.72 bits per heavy atom. The molecule has 0 aliphatic carbocycles. The van der Waals surface area contributed by atoms with Gasteiger partial charge in [0.1, 0.15) is 0 Å². The third kappa shape index (κ3) is 7.15. The number of alkyl halides is 4. The lowest BCUT2D eigenvalue weighted by atomic mass is 10.0. The predicted octanol–water partition coefficient (Wildman–Crippen LogP) is 6.32. The number of rotatable bonds is 11. The molecule has 0 unspecified atom stereocenters. The summed E-state index contributed by atoms with van der Waals surface area (Å²) < 4.78 is 54.2. The van der Waals surface area contributed by atoms with Crippen molar-refractivity contribution in [2.24, 2.45) is 0 Å². The molecule has 0 spiro atoms. The molecule has 0 atom stereocenters. The fraction of sp³-hybridized carbons (Fsp3) is 0.455. The molecule has 3 nitrogen and oxygen atoms in total. The quantitative estimate of drug-likeness (QED) is 0.247. The zero-order valence-corrected chi connectivity index (χ0v) is 16.3. The molecule has 7 heteroatoms. The third-order valence-corrected chi connectivity index (χ3v) is 4.53. The van der Waals surface area contributed by atoms with E-state index in [4.69, 9.17) is 0 Å².